The third kappa shape index (κ3) is 3.06. The molecule has 0 saturated heterocycles. The van der Waals surface area contributed by atoms with Crippen LogP contribution in [0.25, 0.3) is 10.1 Å². The molecule has 0 amide bonds. The number of aliphatic hydroxyl groups is 1. The first kappa shape index (κ1) is 12.6. The van der Waals surface area contributed by atoms with Gasteiger partial charge in [-0.15, -0.1) is 11.3 Å². The molecule has 1 unspecified atom stereocenters. The van der Waals surface area contributed by atoms with E-state index >= 15 is 0 Å². The Hall–Kier alpha value is -0.900. The molecule has 0 aliphatic heterocycles. The predicted molar refractivity (Wildman–Crippen MR) is 74.7 cm³/mol. The Balaban J connectivity index is 2.18. The first-order chi connectivity index (χ1) is 8.12. The summed E-state index contributed by atoms with van der Waals surface area (Å²) in [5, 5.41) is 17.0. The summed E-state index contributed by atoms with van der Waals surface area (Å²) in [5.41, 5.74) is 0.563. The SMILES string of the molecule is CCNCC(C)(O)Cc1csc2ccccc12. The molecule has 0 saturated carbocycles. The molecule has 2 rings (SSSR count). The summed E-state index contributed by atoms with van der Waals surface area (Å²) in [5.74, 6) is 0. The van der Waals surface area contributed by atoms with Gasteiger partial charge in [-0.05, 0) is 35.9 Å². The van der Waals surface area contributed by atoms with Gasteiger partial charge in [-0.25, -0.2) is 0 Å². The van der Waals surface area contributed by atoms with E-state index in [0.29, 0.717) is 13.0 Å². The van der Waals surface area contributed by atoms with Crippen molar-refractivity contribution < 1.29 is 5.11 Å². The lowest BCUT2D eigenvalue weighted by Gasteiger charge is -2.23. The highest BCUT2D eigenvalue weighted by Gasteiger charge is 2.21. The molecule has 0 radical (unpaired) electrons. The summed E-state index contributed by atoms with van der Waals surface area (Å²) in [6.45, 7) is 5.46. The first-order valence-electron chi connectivity index (χ1n) is 6.00. The maximum Gasteiger partial charge on any atom is 0.0784 e. The summed E-state index contributed by atoms with van der Waals surface area (Å²) in [4.78, 5) is 0. The third-order valence-corrected chi connectivity index (χ3v) is 3.90. The minimum atomic E-state index is -0.681. The Morgan fingerprint density at radius 1 is 1.35 bits per heavy atom. The number of likely N-dealkylation sites (N-methyl/N-ethyl adjacent to an activating group) is 1. The van der Waals surface area contributed by atoms with Crippen LogP contribution in [0.5, 0.6) is 0 Å². The van der Waals surface area contributed by atoms with Crippen LogP contribution in [-0.4, -0.2) is 23.8 Å². The molecule has 0 bridgehead atoms. The average molecular weight is 249 g/mol. The van der Waals surface area contributed by atoms with E-state index in [9.17, 15) is 5.11 Å². The van der Waals surface area contributed by atoms with Gasteiger partial charge in [-0.3, -0.25) is 0 Å². The second kappa shape index (κ2) is 5.17. The van der Waals surface area contributed by atoms with Crippen LogP contribution >= 0.6 is 11.3 Å². The van der Waals surface area contributed by atoms with Crippen LogP contribution in [-0.2, 0) is 6.42 Å². The Morgan fingerprint density at radius 3 is 2.88 bits per heavy atom. The summed E-state index contributed by atoms with van der Waals surface area (Å²) in [7, 11) is 0. The van der Waals surface area contributed by atoms with Crippen LogP contribution in [0.1, 0.15) is 19.4 Å². The maximum absolute atomic E-state index is 10.3. The fourth-order valence-corrected chi connectivity index (χ4v) is 3.00. The number of hydrogen-bond donors (Lipinski definition) is 2. The van der Waals surface area contributed by atoms with Gasteiger partial charge in [-0.1, -0.05) is 25.1 Å². The molecule has 17 heavy (non-hydrogen) atoms. The third-order valence-electron chi connectivity index (χ3n) is 2.89. The molecule has 0 aliphatic carbocycles. The van der Waals surface area contributed by atoms with Gasteiger partial charge in [0.2, 0.25) is 0 Å². The van der Waals surface area contributed by atoms with Crippen molar-refractivity contribution in [2.75, 3.05) is 13.1 Å². The lowest BCUT2D eigenvalue weighted by Crippen LogP contribution is -2.39. The van der Waals surface area contributed by atoms with E-state index in [2.05, 4.69) is 41.9 Å². The van der Waals surface area contributed by atoms with Crippen molar-refractivity contribution >= 4 is 21.4 Å². The summed E-state index contributed by atoms with van der Waals surface area (Å²) >= 11 is 1.75. The molecular weight excluding hydrogens is 230 g/mol. The maximum atomic E-state index is 10.3. The van der Waals surface area contributed by atoms with Gasteiger partial charge in [0, 0.05) is 17.7 Å². The van der Waals surface area contributed by atoms with Crippen LogP contribution in [0.15, 0.2) is 29.6 Å². The van der Waals surface area contributed by atoms with E-state index < -0.39 is 5.60 Å². The normalized spacial score (nSPS) is 15.0. The number of nitrogens with one attached hydrogen (secondary N) is 1. The highest BCUT2D eigenvalue weighted by Crippen LogP contribution is 2.28. The molecule has 0 fully saturated rings. The monoisotopic (exact) mass is 249 g/mol. The van der Waals surface area contributed by atoms with E-state index in [0.717, 1.165) is 6.54 Å². The van der Waals surface area contributed by atoms with Gasteiger partial charge in [0.25, 0.3) is 0 Å². The highest BCUT2D eigenvalue weighted by molar-refractivity contribution is 7.17. The van der Waals surface area contributed by atoms with E-state index in [1.807, 2.05) is 6.92 Å². The standard InChI is InChI=1S/C14H19NOS/c1-3-15-10-14(2,16)8-11-9-17-13-7-5-4-6-12(11)13/h4-7,9,15-16H,3,8,10H2,1-2H3. The largest absolute Gasteiger partial charge is 0.389 e. The van der Waals surface area contributed by atoms with E-state index in [4.69, 9.17) is 0 Å². The minimum Gasteiger partial charge on any atom is -0.389 e. The van der Waals surface area contributed by atoms with Crippen molar-refractivity contribution in [1.82, 2.24) is 5.32 Å². The van der Waals surface area contributed by atoms with Crippen LogP contribution in [0.2, 0.25) is 0 Å². The Morgan fingerprint density at radius 2 is 2.12 bits per heavy atom. The predicted octanol–water partition coefficient (Wildman–Crippen LogP) is 2.80. The van der Waals surface area contributed by atoms with Gasteiger partial charge in [-0.2, -0.15) is 0 Å². The van der Waals surface area contributed by atoms with Crippen LogP contribution in [0.4, 0.5) is 0 Å². The Bertz CT molecular complexity index is 490. The molecule has 1 aromatic heterocycles. The van der Waals surface area contributed by atoms with E-state index in [1.54, 1.807) is 11.3 Å². The van der Waals surface area contributed by atoms with Gasteiger partial charge in [0.15, 0.2) is 0 Å². The zero-order valence-electron chi connectivity index (χ0n) is 10.4. The molecule has 1 atom stereocenters. The average Bonchev–Trinajstić information content (AvgIpc) is 2.70. The van der Waals surface area contributed by atoms with Crippen LogP contribution < -0.4 is 5.32 Å². The number of benzene rings is 1. The van der Waals surface area contributed by atoms with Gasteiger partial charge in [0.05, 0.1) is 5.60 Å². The molecule has 1 aromatic carbocycles. The highest BCUT2D eigenvalue weighted by atomic mass is 32.1. The molecule has 0 spiro atoms. The van der Waals surface area contributed by atoms with Crippen molar-refractivity contribution in [2.45, 2.75) is 25.9 Å². The lowest BCUT2D eigenvalue weighted by atomic mass is 9.96. The Kier molecular flexibility index (Phi) is 3.82. The van der Waals surface area contributed by atoms with Crippen molar-refractivity contribution in [3.05, 3.63) is 35.2 Å². The van der Waals surface area contributed by atoms with Crippen molar-refractivity contribution in [3.63, 3.8) is 0 Å². The molecule has 3 heteroatoms. The van der Waals surface area contributed by atoms with E-state index in [-0.39, 0.29) is 0 Å². The molecule has 92 valence electrons. The number of hydrogen-bond acceptors (Lipinski definition) is 3. The van der Waals surface area contributed by atoms with Crippen LogP contribution in [0, 0.1) is 0 Å². The Labute approximate surface area is 106 Å². The lowest BCUT2D eigenvalue weighted by molar-refractivity contribution is 0.0611. The smallest absolute Gasteiger partial charge is 0.0784 e. The zero-order valence-corrected chi connectivity index (χ0v) is 11.2. The van der Waals surface area contributed by atoms with Crippen molar-refractivity contribution in [1.29, 1.82) is 0 Å². The topological polar surface area (TPSA) is 32.3 Å². The first-order valence-corrected chi connectivity index (χ1v) is 6.88. The fraction of sp³-hybridized carbons (Fsp3) is 0.429. The molecule has 0 aliphatic rings. The van der Waals surface area contributed by atoms with Crippen molar-refractivity contribution in [3.8, 4) is 0 Å². The van der Waals surface area contributed by atoms with Crippen molar-refractivity contribution in [2.24, 2.45) is 0 Å². The molecular formula is C14H19NOS. The number of fused-ring (bicyclic) bond motifs is 1. The quantitative estimate of drug-likeness (QED) is 0.854. The fourth-order valence-electron chi connectivity index (χ4n) is 2.04. The second-order valence-electron chi connectivity index (χ2n) is 4.71. The van der Waals surface area contributed by atoms with Gasteiger partial charge in [0.1, 0.15) is 0 Å². The van der Waals surface area contributed by atoms with E-state index in [1.165, 1.54) is 15.6 Å². The second-order valence-corrected chi connectivity index (χ2v) is 5.62. The van der Waals surface area contributed by atoms with Crippen LogP contribution in [0.3, 0.4) is 0 Å². The summed E-state index contributed by atoms with van der Waals surface area (Å²) in [6, 6.07) is 8.37. The molecule has 2 nitrogen and oxygen atoms in total. The molecule has 1 heterocycles. The number of thiophene rings is 1. The molecule has 2 N–H and O–H groups in total. The van der Waals surface area contributed by atoms with Gasteiger partial charge < -0.3 is 10.4 Å². The summed E-state index contributed by atoms with van der Waals surface area (Å²) in [6.07, 6.45) is 0.698. The number of rotatable bonds is 5. The zero-order chi connectivity index (χ0) is 12.3. The summed E-state index contributed by atoms with van der Waals surface area (Å²) < 4.78 is 1.29. The minimum absolute atomic E-state index is 0.633. The van der Waals surface area contributed by atoms with Gasteiger partial charge >= 0.3 is 0 Å². The molecule has 2 aromatic rings.